The summed E-state index contributed by atoms with van der Waals surface area (Å²) in [6.07, 6.45) is 6.09. The van der Waals surface area contributed by atoms with Gasteiger partial charge in [-0.15, -0.1) is 0 Å². The Labute approximate surface area is 164 Å². The first-order chi connectivity index (χ1) is 13.5. The first-order valence-corrected chi connectivity index (χ1v) is 9.80. The fraction of sp³-hybridized carbons (Fsp3) is 0.409. The molecular weight excluding hydrogens is 356 g/mol. The SMILES string of the molecule is O=C(CCC1CCCC1)NCC(=O)NC(C(=O)O)c1ccc2ccccc2c1. The van der Waals surface area contributed by atoms with Crippen LogP contribution in [0.15, 0.2) is 42.5 Å². The van der Waals surface area contributed by atoms with Crippen LogP contribution in [0.1, 0.15) is 50.1 Å². The molecule has 6 heteroatoms. The van der Waals surface area contributed by atoms with Crippen LogP contribution in [0.2, 0.25) is 0 Å². The summed E-state index contributed by atoms with van der Waals surface area (Å²) in [7, 11) is 0. The number of hydrogen-bond donors (Lipinski definition) is 3. The van der Waals surface area contributed by atoms with Gasteiger partial charge >= 0.3 is 5.97 Å². The minimum atomic E-state index is -1.16. The molecule has 1 aliphatic rings. The van der Waals surface area contributed by atoms with Crippen molar-refractivity contribution in [1.29, 1.82) is 0 Å². The van der Waals surface area contributed by atoms with Gasteiger partial charge < -0.3 is 15.7 Å². The highest BCUT2D eigenvalue weighted by atomic mass is 16.4. The van der Waals surface area contributed by atoms with Gasteiger partial charge in [0, 0.05) is 6.42 Å². The number of nitrogens with one attached hydrogen (secondary N) is 2. The highest BCUT2D eigenvalue weighted by Gasteiger charge is 2.22. The zero-order valence-electron chi connectivity index (χ0n) is 15.8. The lowest BCUT2D eigenvalue weighted by atomic mass is 10.0. The summed E-state index contributed by atoms with van der Waals surface area (Å²) in [5.74, 6) is -1.21. The maximum absolute atomic E-state index is 12.2. The normalized spacial score (nSPS) is 15.3. The molecule has 6 nitrogen and oxygen atoms in total. The van der Waals surface area contributed by atoms with Crippen LogP contribution in [0.4, 0.5) is 0 Å². The van der Waals surface area contributed by atoms with Gasteiger partial charge in [-0.05, 0) is 34.7 Å². The number of fused-ring (bicyclic) bond motifs is 1. The van der Waals surface area contributed by atoms with Crippen molar-refractivity contribution >= 4 is 28.6 Å². The molecule has 0 aromatic heterocycles. The fourth-order valence-electron chi connectivity index (χ4n) is 3.79. The Morgan fingerprint density at radius 3 is 2.43 bits per heavy atom. The summed E-state index contributed by atoms with van der Waals surface area (Å²) in [4.78, 5) is 35.8. The Morgan fingerprint density at radius 2 is 1.71 bits per heavy atom. The lowest BCUT2D eigenvalue weighted by Crippen LogP contribution is -2.41. The highest BCUT2D eigenvalue weighted by molar-refractivity contribution is 5.90. The van der Waals surface area contributed by atoms with E-state index in [0.29, 0.717) is 17.9 Å². The van der Waals surface area contributed by atoms with Crippen LogP contribution >= 0.6 is 0 Å². The number of rotatable bonds is 8. The molecule has 0 radical (unpaired) electrons. The van der Waals surface area contributed by atoms with E-state index in [1.165, 1.54) is 25.7 Å². The third kappa shape index (κ3) is 5.31. The summed E-state index contributed by atoms with van der Waals surface area (Å²) >= 11 is 0. The molecule has 1 unspecified atom stereocenters. The minimum Gasteiger partial charge on any atom is -0.479 e. The molecule has 1 saturated carbocycles. The summed E-state index contributed by atoms with van der Waals surface area (Å²) in [6, 6.07) is 11.7. The van der Waals surface area contributed by atoms with Gasteiger partial charge in [-0.2, -0.15) is 0 Å². The quantitative estimate of drug-likeness (QED) is 0.653. The fourth-order valence-corrected chi connectivity index (χ4v) is 3.79. The Bertz CT molecular complexity index is 858. The summed E-state index contributed by atoms with van der Waals surface area (Å²) in [5.41, 5.74) is 0.493. The average Bonchev–Trinajstić information content (AvgIpc) is 3.22. The van der Waals surface area contributed by atoms with E-state index >= 15 is 0 Å². The summed E-state index contributed by atoms with van der Waals surface area (Å²) < 4.78 is 0. The van der Waals surface area contributed by atoms with Crippen LogP contribution in [0.25, 0.3) is 10.8 Å². The standard InChI is InChI=1S/C22H26N2O4/c25-19(12-9-15-5-1-2-6-15)23-14-20(26)24-21(22(27)28)18-11-10-16-7-3-4-8-17(16)13-18/h3-4,7-8,10-11,13,15,21H,1-2,5-6,9,12,14H2,(H,23,25)(H,24,26)(H,27,28). The Hall–Kier alpha value is -2.89. The van der Waals surface area contributed by atoms with E-state index in [1.54, 1.807) is 12.1 Å². The molecule has 1 atom stereocenters. The van der Waals surface area contributed by atoms with E-state index in [1.807, 2.05) is 30.3 Å². The topological polar surface area (TPSA) is 95.5 Å². The predicted molar refractivity (Wildman–Crippen MR) is 107 cm³/mol. The van der Waals surface area contributed by atoms with Crippen molar-refractivity contribution in [2.45, 2.75) is 44.6 Å². The van der Waals surface area contributed by atoms with Gasteiger partial charge in [-0.25, -0.2) is 4.79 Å². The van der Waals surface area contributed by atoms with Crippen LogP contribution in [0.5, 0.6) is 0 Å². The molecular formula is C22H26N2O4. The van der Waals surface area contributed by atoms with Gasteiger partial charge in [0.15, 0.2) is 6.04 Å². The van der Waals surface area contributed by atoms with Crippen LogP contribution in [0, 0.1) is 5.92 Å². The second kappa shape index (κ2) is 9.35. The van der Waals surface area contributed by atoms with Crippen molar-refractivity contribution in [2.24, 2.45) is 5.92 Å². The van der Waals surface area contributed by atoms with E-state index in [2.05, 4.69) is 10.6 Å². The third-order valence-electron chi connectivity index (χ3n) is 5.36. The van der Waals surface area contributed by atoms with E-state index < -0.39 is 17.9 Å². The zero-order chi connectivity index (χ0) is 19.9. The Morgan fingerprint density at radius 1 is 1.00 bits per heavy atom. The van der Waals surface area contributed by atoms with Crippen molar-refractivity contribution < 1.29 is 19.5 Å². The van der Waals surface area contributed by atoms with E-state index in [-0.39, 0.29) is 12.5 Å². The van der Waals surface area contributed by atoms with Gasteiger partial charge in [0.05, 0.1) is 6.54 Å². The number of benzene rings is 2. The lowest BCUT2D eigenvalue weighted by molar-refractivity contribution is -0.141. The monoisotopic (exact) mass is 382 g/mol. The molecule has 2 amide bonds. The average molecular weight is 382 g/mol. The van der Waals surface area contributed by atoms with E-state index in [9.17, 15) is 19.5 Å². The molecule has 0 aliphatic heterocycles. The summed E-state index contributed by atoms with van der Waals surface area (Å²) in [6.45, 7) is -0.221. The smallest absolute Gasteiger partial charge is 0.330 e. The van der Waals surface area contributed by atoms with Crippen LogP contribution in [-0.2, 0) is 14.4 Å². The second-order valence-electron chi connectivity index (χ2n) is 7.41. The van der Waals surface area contributed by atoms with Crippen LogP contribution in [-0.4, -0.2) is 29.4 Å². The maximum atomic E-state index is 12.2. The number of carbonyl (C=O) groups is 3. The predicted octanol–water partition coefficient (Wildman–Crippen LogP) is 3.17. The van der Waals surface area contributed by atoms with Crippen molar-refractivity contribution in [3.8, 4) is 0 Å². The van der Waals surface area contributed by atoms with E-state index in [4.69, 9.17) is 0 Å². The third-order valence-corrected chi connectivity index (χ3v) is 5.36. The van der Waals surface area contributed by atoms with E-state index in [0.717, 1.165) is 17.2 Å². The number of carboxylic acids is 1. The molecule has 2 aromatic rings. The molecule has 28 heavy (non-hydrogen) atoms. The molecule has 0 saturated heterocycles. The van der Waals surface area contributed by atoms with Gasteiger partial charge in [0.25, 0.3) is 0 Å². The first-order valence-electron chi connectivity index (χ1n) is 9.80. The largest absolute Gasteiger partial charge is 0.479 e. The number of hydrogen-bond acceptors (Lipinski definition) is 3. The van der Waals surface area contributed by atoms with Gasteiger partial charge in [-0.1, -0.05) is 62.1 Å². The maximum Gasteiger partial charge on any atom is 0.330 e. The highest BCUT2D eigenvalue weighted by Crippen LogP contribution is 2.28. The molecule has 3 N–H and O–H groups in total. The first kappa shape index (κ1) is 19.9. The number of amides is 2. The van der Waals surface area contributed by atoms with Gasteiger partial charge in [-0.3, -0.25) is 9.59 Å². The molecule has 0 heterocycles. The molecule has 0 bridgehead atoms. The molecule has 1 fully saturated rings. The Balaban J connectivity index is 1.53. The van der Waals surface area contributed by atoms with Crippen molar-refractivity contribution in [1.82, 2.24) is 10.6 Å². The number of carboxylic acid groups (broad SMARTS) is 1. The summed E-state index contributed by atoms with van der Waals surface area (Å²) in [5, 5.41) is 16.5. The van der Waals surface area contributed by atoms with Gasteiger partial charge in [0.2, 0.25) is 11.8 Å². The Kier molecular flexibility index (Phi) is 6.63. The molecule has 0 spiro atoms. The van der Waals surface area contributed by atoms with Crippen molar-refractivity contribution in [2.75, 3.05) is 6.54 Å². The lowest BCUT2D eigenvalue weighted by Gasteiger charge is -2.16. The van der Waals surface area contributed by atoms with Gasteiger partial charge in [0.1, 0.15) is 0 Å². The molecule has 1 aliphatic carbocycles. The minimum absolute atomic E-state index is 0.167. The molecule has 2 aromatic carbocycles. The van der Waals surface area contributed by atoms with Crippen molar-refractivity contribution in [3.05, 3.63) is 48.0 Å². The molecule has 148 valence electrons. The molecule has 3 rings (SSSR count). The van der Waals surface area contributed by atoms with Crippen LogP contribution < -0.4 is 10.6 Å². The second-order valence-corrected chi connectivity index (χ2v) is 7.41. The number of aliphatic carboxylic acids is 1. The zero-order valence-corrected chi connectivity index (χ0v) is 15.8. The number of carbonyl (C=O) groups excluding carboxylic acids is 2. The van der Waals surface area contributed by atoms with Crippen LogP contribution in [0.3, 0.4) is 0 Å². The van der Waals surface area contributed by atoms with Crippen molar-refractivity contribution in [3.63, 3.8) is 0 Å².